The first-order chi connectivity index (χ1) is 13.3. The van der Waals surface area contributed by atoms with Gasteiger partial charge in [0.15, 0.2) is 0 Å². The molecule has 0 aliphatic carbocycles. The number of benzene rings is 2. The molecule has 1 heterocycles. The zero-order valence-electron chi connectivity index (χ0n) is 15.7. The number of amidine groups is 1. The van der Waals surface area contributed by atoms with Gasteiger partial charge in [-0.15, -0.1) is 0 Å². The number of aromatic nitrogens is 1. The third-order valence-corrected chi connectivity index (χ3v) is 4.90. The molecule has 2 aromatic carbocycles. The van der Waals surface area contributed by atoms with Crippen LogP contribution in [0.25, 0.3) is 0 Å². The minimum atomic E-state index is -0.167. The predicted octanol–water partition coefficient (Wildman–Crippen LogP) is 5.67. The highest BCUT2D eigenvalue weighted by atomic mass is 35.5. The molecule has 3 rings (SSSR count). The summed E-state index contributed by atoms with van der Waals surface area (Å²) in [7, 11) is 0. The monoisotopic (exact) mass is 416 g/mol. The number of para-hydroxylation sites is 1. The van der Waals surface area contributed by atoms with Crippen LogP contribution in [0.5, 0.6) is 17.4 Å². The van der Waals surface area contributed by atoms with Gasteiger partial charge in [0.25, 0.3) is 0 Å². The van der Waals surface area contributed by atoms with Crippen LogP contribution in [0.4, 0.5) is 10.7 Å². The summed E-state index contributed by atoms with van der Waals surface area (Å²) in [6.07, 6.45) is 0. The molecule has 0 atom stereocenters. The Kier molecular flexibility index (Phi) is 6.06. The maximum absolute atomic E-state index is 10.00. The molecular formula is C20H21ClN4O2S. The van der Waals surface area contributed by atoms with Gasteiger partial charge in [-0.05, 0) is 68.2 Å². The van der Waals surface area contributed by atoms with E-state index in [1.165, 1.54) is 0 Å². The summed E-state index contributed by atoms with van der Waals surface area (Å²) in [5.74, 6) is 1.24. The van der Waals surface area contributed by atoms with Gasteiger partial charge >= 0.3 is 0 Å². The molecule has 0 bridgehead atoms. The Balaban J connectivity index is 1.76. The molecule has 0 aliphatic rings. The highest BCUT2D eigenvalue weighted by molar-refractivity contribution is 7.11. The van der Waals surface area contributed by atoms with E-state index in [2.05, 4.69) is 15.0 Å². The van der Waals surface area contributed by atoms with Crippen LogP contribution in [-0.4, -0.2) is 21.4 Å². The van der Waals surface area contributed by atoms with Gasteiger partial charge in [0.1, 0.15) is 27.9 Å². The van der Waals surface area contributed by atoms with Crippen molar-refractivity contribution in [2.24, 2.45) is 0 Å². The van der Waals surface area contributed by atoms with Gasteiger partial charge in [-0.25, -0.2) is 0 Å². The van der Waals surface area contributed by atoms with E-state index < -0.39 is 0 Å². The van der Waals surface area contributed by atoms with Gasteiger partial charge in [-0.1, -0.05) is 23.7 Å². The largest absolute Gasteiger partial charge is 0.492 e. The maximum atomic E-state index is 10.00. The third kappa shape index (κ3) is 4.55. The number of aromatic hydroxyl groups is 1. The molecule has 6 nitrogen and oxygen atoms in total. The van der Waals surface area contributed by atoms with Gasteiger partial charge < -0.3 is 20.5 Å². The van der Waals surface area contributed by atoms with Gasteiger partial charge in [0, 0.05) is 11.7 Å². The number of nitrogens with zero attached hydrogens (tertiary/aromatic N) is 1. The van der Waals surface area contributed by atoms with Crippen molar-refractivity contribution in [1.29, 1.82) is 5.41 Å². The number of nitrogens with one attached hydrogen (secondary N) is 3. The van der Waals surface area contributed by atoms with E-state index in [9.17, 15) is 5.11 Å². The minimum Gasteiger partial charge on any atom is -0.492 e. The lowest BCUT2D eigenvalue weighted by Gasteiger charge is -2.13. The molecule has 0 spiro atoms. The molecule has 28 heavy (non-hydrogen) atoms. The summed E-state index contributed by atoms with van der Waals surface area (Å²) in [5.41, 5.74) is 2.09. The van der Waals surface area contributed by atoms with E-state index in [0.717, 1.165) is 22.8 Å². The van der Waals surface area contributed by atoms with Gasteiger partial charge in [-0.3, -0.25) is 5.41 Å². The lowest BCUT2D eigenvalue weighted by atomic mass is 10.2. The van der Waals surface area contributed by atoms with Crippen LogP contribution in [0.1, 0.15) is 25.0 Å². The van der Waals surface area contributed by atoms with E-state index in [0.29, 0.717) is 27.1 Å². The SMILES string of the molecule is Cc1cccc(Cl)c1Oc1ccc(Nc2snc(O)c2C(=N)NC(C)C)cc1. The van der Waals surface area contributed by atoms with Crippen molar-refractivity contribution in [1.82, 2.24) is 9.69 Å². The zero-order valence-corrected chi connectivity index (χ0v) is 17.3. The average Bonchev–Trinajstić information content (AvgIpc) is 2.99. The predicted molar refractivity (Wildman–Crippen MR) is 115 cm³/mol. The fraction of sp³-hybridized carbons (Fsp3) is 0.200. The number of hydrogen-bond donors (Lipinski definition) is 4. The Morgan fingerprint density at radius 3 is 2.57 bits per heavy atom. The lowest BCUT2D eigenvalue weighted by Crippen LogP contribution is -2.30. The standard InChI is InChI=1S/C20H21ClN4O2S/c1-11(2)23-18(22)16-19(26)25-28-20(16)24-13-7-9-14(10-8-13)27-17-12(3)5-4-6-15(17)21/h4-11,24H,1-3H3,(H2,22,23)(H,25,26). The highest BCUT2D eigenvalue weighted by Crippen LogP contribution is 2.35. The number of hydrogen-bond acceptors (Lipinski definition) is 6. The van der Waals surface area contributed by atoms with Gasteiger partial charge in [0.2, 0.25) is 5.88 Å². The smallest absolute Gasteiger partial charge is 0.236 e. The Morgan fingerprint density at radius 1 is 1.21 bits per heavy atom. The molecule has 0 radical (unpaired) electrons. The molecule has 0 saturated carbocycles. The Bertz CT molecular complexity index is 966. The lowest BCUT2D eigenvalue weighted by molar-refractivity contribution is 0.458. The average molecular weight is 417 g/mol. The molecule has 0 unspecified atom stereocenters. The molecular weight excluding hydrogens is 396 g/mol. The quantitative estimate of drug-likeness (QED) is 0.307. The Hall–Kier alpha value is -2.77. The van der Waals surface area contributed by atoms with Gasteiger partial charge in [0.05, 0.1) is 5.02 Å². The van der Waals surface area contributed by atoms with Crippen LogP contribution >= 0.6 is 23.1 Å². The maximum Gasteiger partial charge on any atom is 0.236 e. The fourth-order valence-corrected chi connectivity index (χ4v) is 3.53. The van der Waals surface area contributed by atoms with Crippen molar-refractivity contribution in [3.63, 3.8) is 0 Å². The molecule has 0 fully saturated rings. The summed E-state index contributed by atoms with van der Waals surface area (Å²) in [5, 5.41) is 25.5. The van der Waals surface area contributed by atoms with E-state index >= 15 is 0 Å². The second-order valence-electron chi connectivity index (χ2n) is 6.52. The van der Waals surface area contributed by atoms with E-state index in [4.69, 9.17) is 21.7 Å². The summed E-state index contributed by atoms with van der Waals surface area (Å²) in [6, 6.07) is 13.0. The first-order valence-electron chi connectivity index (χ1n) is 8.69. The second-order valence-corrected chi connectivity index (χ2v) is 7.70. The van der Waals surface area contributed by atoms with Crippen LogP contribution in [0.3, 0.4) is 0 Å². The van der Waals surface area contributed by atoms with Gasteiger partial charge in [-0.2, -0.15) is 4.37 Å². The molecule has 0 aliphatic heterocycles. The Morgan fingerprint density at radius 2 is 1.93 bits per heavy atom. The number of aryl methyl sites for hydroxylation is 1. The zero-order chi connectivity index (χ0) is 20.3. The molecule has 0 saturated heterocycles. The van der Waals surface area contributed by atoms with Crippen molar-refractivity contribution >= 4 is 39.7 Å². The van der Waals surface area contributed by atoms with Crippen molar-refractivity contribution in [3.8, 4) is 17.4 Å². The summed E-state index contributed by atoms with van der Waals surface area (Å²) < 4.78 is 9.85. The molecule has 1 aromatic heterocycles. The molecule has 3 aromatic rings. The van der Waals surface area contributed by atoms with Crippen LogP contribution < -0.4 is 15.4 Å². The number of halogens is 1. The summed E-state index contributed by atoms with van der Waals surface area (Å²) in [4.78, 5) is 0. The summed E-state index contributed by atoms with van der Waals surface area (Å²) >= 11 is 7.31. The first-order valence-corrected chi connectivity index (χ1v) is 9.84. The third-order valence-electron chi connectivity index (χ3n) is 3.85. The first kappa shape index (κ1) is 20.0. The number of ether oxygens (including phenoxy) is 1. The van der Waals surface area contributed by atoms with Crippen LogP contribution in [0.15, 0.2) is 42.5 Å². The van der Waals surface area contributed by atoms with Crippen molar-refractivity contribution in [2.75, 3.05) is 5.32 Å². The normalized spacial score (nSPS) is 10.8. The molecule has 146 valence electrons. The Labute approximate surface area is 172 Å². The van der Waals surface area contributed by atoms with Crippen molar-refractivity contribution < 1.29 is 9.84 Å². The van der Waals surface area contributed by atoms with Crippen LogP contribution in [-0.2, 0) is 0 Å². The van der Waals surface area contributed by atoms with E-state index in [1.54, 1.807) is 6.07 Å². The van der Waals surface area contributed by atoms with Crippen molar-refractivity contribution in [3.05, 3.63) is 58.6 Å². The number of rotatable bonds is 6. The van der Waals surface area contributed by atoms with E-state index in [1.807, 2.05) is 57.2 Å². The minimum absolute atomic E-state index is 0.0735. The van der Waals surface area contributed by atoms with Crippen molar-refractivity contribution in [2.45, 2.75) is 26.8 Å². The van der Waals surface area contributed by atoms with Crippen LogP contribution in [0, 0.1) is 12.3 Å². The molecule has 8 heteroatoms. The fourth-order valence-electron chi connectivity index (χ4n) is 2.55. The second kappa shape index (κ2) is 8.50. The molecule has 0 amide bonds. The van der Waals surface area contributed by atoms with E-state index in [-0.39, 0.29) is 17.8 Å². The molecule has 4 N–H and O–H groups in total. The summed E-state index contributed by atoms with van der Waals surface area (Å²) in [6.45, 7) is 5.80. The van der Waals surface area contributed by atoms with Crippen LogP contribution in [0.2, 0.25) is 5.02 Å². The number of anilines is 2. The topological polar surface area (TPSA) is 90.3 Å². The highest BCUT2D eigenvalue weighted by Gasteiger charge is 2.18.